The van der Waals surface area contributed by atoms with Crippen molar-refractivity contribution >= 4 is 10.1 Å². The second-order valence-electron chi connectivity index (χ2n) is 6.35. The quantitative estimate of drug-likeness (QED) is 0.316. The number of ether oxygens (including phenoxy) is 1. The van der Waals surface area contributed by atoms with Crippen molar-refractivity contribution in [3.8, 4) is 5.75 Å². The normalized spacial score (nSPS) is 12.5. The summed E-state index contributed by atoms with van der Waals surface area (Å²) in [5, 5.41) is 0. The van der Waals surface area contributed by atoms with E-state index in [2.05, 4.69) is 19.9 Å². The van der Waals surface area contributed by atoms with Gasteiger partial charge in [-0.15, -0.1) is 0 Å². The monoisotopic (exact) mass is 378 g/mol. The zero-order valence-corrected chi connectivity index (χ0v) is 19.0. The van der Waals surface area contributed by atoms with Gasteiger partial charge in [-0.3, -0.25) is 0 Å². The number of rotatable bonds is 12. The Hall–Kier alpha value is -0.0700. The summed E-state index contributed by atoms with van der Waals surface area (Å²) < 4.78 is 39.4. The van der Waals surface area contributed by atoms with Crippen LogP contribution in [0.2, 0.25) is 0 Å². The van der Waals surface area contributed by atoms with E-state index in [0.717, 1.165) is 49.7 Å². The molecule has 0 radical (unpaired) electrons. The second-order valence-corrected chi connectivity index (χ2v) is 7.86. The molecule has 0 aliphatic carbocycles. The Morgan fingerprint density at radius 3 is 1.76 bits per heavy atom. The van der Waals surface area contributed by atoms with Crippen LogP contribution in [0, 0.1) is 0 Å². The maximum absolute atomic E-state index is 11.3. The van der Waals surface area contributed by atoms with Crippen LogP contribution in [0.1, 0.15) is 76.8 Å². The van der Waals surface area contributed by atoms with E-state index < -0.39 is 15.6 Å². The predicted octanol–water partition coefficient (Wildman–Crippen LogP) is 1.82. The standard InChI is InChI=1S/C19H32O4S.Na/c1-4-7-9-11-16-13-17(12-10-8-5-2)15-18(14-16)23-19(6-3)24(20,21)22;/h13-15,19H,4-12H2,1-3H3,(H,20,21,22);/q;+1/p-1. The minimum absolute atomic E-state index is 0. The third-order valence-corrected chi connectivity index (χ3v) is 5.16. The molecule has 1 aromatic carbocycles. The Labute approximate surface area is 175 Å². The number of benzene rings is 1. The summed E-state index contributed by atoms with van der Waals surface area (Å²) in [5.74, 6) is 0.502. The third kappa shape index (κ3) is 10.00. The summed E-state index contributed by atoms with van der Waals surface area (Å²) in [6.45, 7) is 5.98. The van der Waals surface area contributed by atoms with E-state index in [4.69, 9.17) is 4.74 Å². The molecule has 0 amide bonds. The molecule has 0 saturated carbocycles. The molecule has 6 heteroatoms. The van der Waals surface area contributed by atoms with Crippen LogP contribution in [0.3, 0.4) is 0 Å². The Balaban J connectivity index is 0.00000576. The van der Waals surface area contributed by atoms with Crippen molar-refractivity contribution in [2.75, 3.05) is 0 Å². The van der Waals surface area contributed by atoms with Gasteiger partial charge in [-0.1, -0.05) is 52.5 Å². The van der Waals surface area contributed by atoms with E-state index in [1.807, 2.05) is 12.1 Å². The van der Waals surface area contributed by atoms with Gasteiger partial charge in [-0.05, 0) is 55.4 Å². The van der Waals surface area contributed by atoms with Crippen LogP contribution in [0.15, 0.2) is 18.2 Å². The number of hydrogen-bond acceptors (Lipinski definition) is 4. The molecule has 1 aromatic rings. The van der Waals surface area contributed by atoms with Crippen molar-refractivity contribution in [1.29, 1.82) is 0 Å². The SMILES string of the molecule is CCCCCc1cc(CCCCC)cc(OC(CC)S(=O)(=O)[O-])c1.[Na+]. The molecule has 1 unspecified atom stereocenters. The summed E-state index contributed by atoms with van der Waals surface area (Å²) in [7, 11) is -4.45. The van der Waals surface area contributed by atoms with E-state index in [9.17, 15) is 13.0 Å². The van der Waals surface area contributed by atoms with Gasteiger partial charge < -0.3 is 9.29 Å². The minimum atomic E-state index is -4.45. The average molecular weight is 379 g/mol. The van der Waals surface area contributed by atoms with E-state index in [1.54, 1.807) is 6.92 Å². The first-order valence-corrected chi connectivity index (χ1v) is 10.6. The molecule has 0 aliphatic rings. The Morgan fingerprint density at radius 2 is 1.40 bits per heavy atom. The number of hydrogen-bond donors (Lipinski definition) is 0. The first-order chi connectivity index (χ1) is 11.4. The molecule has 0 bridgehead atoms. The van der Waals surface area contributed by atoms with Crippen LogP contribution in [0.25, 0.3) is 0 Å². The maximum atomic E-state index is 11.3. The van der Waals surface area contributed by atoms with Gasteiger partial charge in [0.25, 0.3) is 0 Å². The molecule has 0 aliphatic heterocycles. The van der Waals surface area contributed by atoms with Crippen molar-refractivity contribution in [3.63, 3.8) is 0 Å². The van der Waals surface area contributed by atoms with Gasteiger partial charge in [-0.25, -0.2) is 8.42 Å². The molecule has 25 heavy (non-hydrogen) atoms. The van der Waals surface area contributed by atoms with Gasteiger partial charge in [0.15, 0.2) is 5.44 Å². The fraction of sp³-hybridized carbons (Fsp3) is 0.684. The largest absolute Gasteiger partial charge is 1.00 e. The first-order valence-electron chi connectivity index (χ1n) is 9.14. The smallest absolute Gasteiger partial charge is 0.745 e. The van der Waals surface area contributed by atoms with Crippen molar-refractivity contribution < 1.29 is 47.3 Å². The molecular weight excluding hydrogens is 347 g/mol. The summed E-state index contributed by atoms with van der Waals surface area (Å²) in [6, 6.07) is 5.95. The van der Waals surface area contributed by atoms with Crippen LogP contribution in [0.5, 0.6) is 5.75 Å². The topological polar surface area (TPSA) is 66.4 Å². The first kappa shape index (κ1) is 24.9. The van der Waals surface area contributed by atoms with Gasteiger partial charge >= 0.3 is 29.6 Å². The molecular formula is C19H31NaO4S. The zero-order chi connectivity index (χ0) is 18.0. The zero-order valence-electron chi connectivity index (χ0n) is 16.2. The summed E-state index contributed by atoms with van der Waals surface area (Å²) in [5.41, 5.74) is 1.00. The molecule has 0 fully saturated rings. The molecule has 0 spiro atoms. The van der Waals surface area contributed by atoms with Crippen LogP contribution in [-0.2, 0) is 23.0 Å². The van der Waals surface area contributed by atoms with Gasteiger partial charge in [0.1, 0.15) is 15.9 Å². The van der Waals surface area contributed by atoms with Crippen molar-refractivity contribution in [3.05, 3.63) is 29.3 Å². The predicted molar refractivity (Wildman–Crippen MR) is 97.3 cm³/mol. The summed E-state index contributed by atoms with van der Waals surface area (Å²) in [6.07, 6.45) is 8.91. The third-order valence-electron chi connectivity index (χ3n) is 4.09. The van der Waals surface area contributed by atoms with E-state index in [1.165, 1.54) is 12.8 Å². The second kappa shape index (κ2) is 13.2. The fourth-order valence-corrected chi connectivity index (χ4v) is 3.38. The Bertz CT molecular complexity index is 559. The Kier molecular flexibility index (Phi) is 13.1. The van der Waals surface area contributed by atoms with Crippen LogP contribution in [0.4, 0.5) is 0 Å². The van der Waals surface area contributed by atoms with Crippen molar-refractivity contribution in [2.45, 2.75) is 84.0 Å². The summed E-state index contributed by atoms with van der Waals surface area (Å²) >= 11 is 0. The van der Waals surface area contributed by atoms with E-state index in [0.29, 0.717) is 5.75 Å². The molecule has 4 nitrogen and oxygen atoms in total. The van der Waals surface area contributed by atoms with Crippen molar-refractivity contribution in [1.82, 2.24) is 0 Å². The molecule has 138 valence electrons. The van der Waals surface area contributed by atoms with Crippen LogP contribution in [-0.4, -0.2) is 18.4 Å². The van der Waals surface area contributed by atoms with Crippen LogP contribution >= 0.6 is 0 Å². The maximum Gasteiger partial charge on any atom is 1.00 e. The molecule has 0 aromatic heterocycles. The van der Waals surface area contributed by atoms with Gasteiger partial charge in [0, 0.05) is 0 Å². The number of aryl methyl sites for hydroxylation is 2. The van der Waals surface area contributed by atoms with Gasteiger partial charge in [0.2, 0.25) is 0 Å². The van der Waals surface area contributed by atoms with Gasteiger partial charge in [-0.2, -0.15) is 0 Å². The average Bonchev–Trinajstić information content (AvgIpc) is 2.52. The summed E-state index contributed by atoms with van der Waals surface area (Å²) in [4.78, 5) is 0. The fourth-order valence-electron chi connectivity index (χ4n) is 2.74. The van der Waals surface area contributed by atoms with E-state index >= 15 is 0 Å². The molecule has 0 N–H and O–H groups in total. The molecule has 1 atom stereocenters. The number of unbranched alkanes of at least 4 members (excludes halogenated alkanes) is 4. The van der Waals surface area contributed by atoms with Crippen molar-refractivity contribution in [2.24, 2.45) is 0 Å². The molecule has 0 heterocycles. The Morgan fingerprint density at radius 1 is 0.920 bits per heavy atom. The molecule has 0 saturated heterocycles. The van der Waals surface area contributed by atoms with E-state index in [-0.39, 0.29) is 36.0 Å². The van der Waals surface area contributed by atoms with Crippen LogP contribution < -0.4 is 34.3 Å². The van der Waals surface area contributed by atoms with Gasteiger partial charge in [0.05, 0.1) is 0 Å². The minimum Gasteiger partial charge on any atom is -0.745 e. The molecule has 1 rings (SSSR count).